The van der Waals surface area contributed by atoms with Gasteiger partial charge in [-0.15, -0.1) is 0 Å². The summed E-state index contributed by atoms with van der Waals surface area (Å²) in [4.78, 5) is 25.4. The van der Waals surface area contributed by atoms with Gasteiger partial charge in [-0.05, 0) is 24.3 Å². The molecule has 34 heavy (non-hydrogen) atoms. The molecular formula is C19H12ClF8N3O3. The molecule has 3 amide bonds. The van der Waals surface area contributed by atoms with Crippen molar-refractivity contribution in [1.82, 2.24) is 5.32 Å². The Balaban J connectivity index is 2.15. The summed E-state index contributed by atoms with van der Waals surface area (Å²) in [6.45, 7) is -0.441. The van der Waals surface area contributed by atoms with Gasteiger partial charge in [0.25, 0.3) is 0 Å². The molecule has 0 unspecified atom stereocenters. The number of hydrogen-bond acceptors (Lipinski definition) is 3. The Hall–Kier alpha value is -3.29. The van der Waals surface area contributed by atoms with Gasteiger partial charge in [-0.2, -0.15) is 26.3 Å². The molecule has 2 aromatic rings. The maximum atomic E-state index is 14.3. The first-order chi connectivity index (χ1) is 15.6. The number of alkyl halides is 6. The number of hydrogen-bond donors (Lipinski definition) is 1. The van der Waals surface area contributed by atoms with E-state index in [0.29, 0.717) is 15.9 Å². The molecule has 6 nitrogen and oxygen atoms in total. The molecule has 1 heterocycles. The third kappa shape index (κ3) is 4.81. The van der Waals surface area contributed by atoms with Crippen molar-refractivity contribution in [2.24, 2.45) is 0 Å². The second-order valence-corrected chi connectivity index (χ2v) is 7.25. The number of urea groups is 1. The highest BCUT2D eigenvalue weighted by atomic mass is 35.5. The first-order valence-electron chi connectivity index (χ1n) is 9.09. The number of nitrogens with one attached hydrogen (secondary N) is 1. The lowest BCUT2D eigenvalue weighted by Crippen LogP contribution is -2.33. The van der Waals surface area contributed by atoms with Crippen LogP contribution in [0.1, 0.15) is 11.1 Å². The Bertz CT molecular complexity index is 1150. The first kappa shape index (κ1) is 25.3. The second-order valence-electron chi connectivity index (χ2n) is 6.87. The molecule has 0 aliphatic carbocycles. The minimum atomic E-state index is -5.45. The normalized spacial score (nSPS) is 14.3. The van der Waals surface area contributed by atoms with Crippen LogP contribution in [0.5, 0.6) is 5.75 Å². The average molecular weight is 518 g/mol. The highest BCUT2D eigenvalue weighted by molar-refractivity contribution is 6.31. The zero-order valence-corrected chi connectivity index (χ0v) is 17.5. The summed E-state index contributed by atoms with van der Waals surface area (Å²) in [5.74, 6) is -4.04. The Morgan fingerprint density at radius 3 is 2.29 bits per heavy atom. The minimum Gasteiger partial charge on any atom is -0.407 e. The Labute approximate surface area is 190 Å². The molecule has 1 N–H and O–H groups in total. The monoisotopic (exact) mass is 517 g/mol. The van der Waals surface area contributed by atoms with Crippen molar-refractivity contribution in [3.8, 4) is 5.75 Å². The molecule has 0 bridgehead atoms. The van der Waals surface area contributed by atoms with Gasteiger partial charge in [0.05, 0.1) is 16.9 Å². The number of carbonyl (C=O) groups is 2. The minimum absolute atomic E-state index is 0.108. The summed E-state index contributed by atoms with van der Waals surface area (Å²) in [6.07, 6.45) is -12.4. The van der Waals surface area contributed by atoms with E-state index in [2.05, 4.69) is 5.32 Å². The van der Waals surface area contributed by atoms with Gasteiger partial charge in [0.15, 0.2) is 11.6 Å². The molecule has 1 aliphatic heterocycles. The predicted octanol–water partition coefficient (Wildman–Crippen LogP) is 5.82. The Morgan fingerprint density at radius 2 is 1.76 bits per heavy atom. The fourth-order valence-corrected chi connectivity index (χ4v) is 3.19. The van der Waals surface area contributed by atoms with Crippen molar-refractivity contribution < 1.29 is 49.4 Å². The van der Waals surface area contributed by atoms with E-state index < -0.39 is 69.4 Å². The van der Waals surface area contributed by atoms with Gasteiger partial charge >= 0.3 is 24.5 Å². The average Bonchev–Trinajstić information content (AvgIpc) is 3.15. The highest BCUT2D eigenvalue weighted by Gasteiger charge is 2.43. The number of anilines is 2. The molecule has 1 fully saturated rings. The van der Waals surface area contributed by atoms with Crippen LogP contribution in [0.2, 0.25) is 5.02 Å². The molecule has 0 spiro atoms. The van der Waals surface area contributed by atoms with Crippen molar-refractivity contribution in [3.63, 3.8) is 0 Å². The van der Waals surface area contributed by atoms with Gasteiger partial charge < -0.3 is 10.1 Å². The summed E-state index contributed by atoms with van der Waals surface area (Å²) in [6, 6.07) is 0.316. The van der Waals surface area contributed by atoms with Gasteiger partial charge in [-0.1, -0.05) is 11.6 Å². The van der Waals surface area contributed by atoms with Crippen molar-refractivity contribution in [3.05, 3.63) is 52.0 Å². The largest absolute Gasteiger partial charge is 0.420 e. The lowest BCUT2D eigenvalue weighted by Gasteiger charge is -2.25. The van der Waals surface area contributed by atoms with E-state index in [1.165, 1.54) is 0 Å². The number of halogens is 9. The molecule has 1 aliphatic rings. The zero-order chi connectivity index (χ0) is 25.6. The van der Waals surface area contributed by atoms with E-state index in [1.54, 1.807) is 0 Å². The number of benzene rings is 2. The fourth-order valence-electron chi connectivity index (χ4n) is 3.03. The number of rotatable bonds is 3. The summed E-state index contributed by atoms with van der Waals surface area (Å²) in [5, 5.41) is 1.19. The van der Waals surface area contributed by atoms with Crippen LogP contribution in [0, 0.1) is 11.6 Å². The van der Waals surface area contributed by atoms with Crippen LogP contribution in [0.4, 0.5) is 56.1 Å². The summed E-state index contributed by atoms with van der Waals surface area (Å²) < 4.78 is 113. The standard InChI is InChI=1S/C19H12ClF8N3O3/c1-30(11-3-2-10(21)13(20)14(11)22)17(33)34-15-9(19(26,27)28)6-8(18(23,24)25)7-12(15)31-5-4-29-16(31)32/h2-3,6-7H,4-5H2,1H3,(H,29,32). The van der Waals surface area contributed by atoms with Crippen molar-refractivity contribution in [2.45, 2.75) is 12.4 Å². The summed E-state index contributed by atoms with van der Waals surface area (Å²) in [5.41, 5.74) is -5.44. The quantitative estimate of drug-likeness (QED) is 0.412. The van der Waals surface area contributed by atoms with E-state index >= 15 is 0 Å². The predicted molar refractivity (Wildman–Crippen MR) is 103 cm³/mol. The van der Waals surface area contributed by atoms with Crippen molar-refractivity contribution in [2.75, 3.05) is 29.9 Å². The summed E-state index contributed by atoms with van der Waals surface area (Å²) >= 11 is 5.43. The van der Waals surface area contributed by atoms with Gasteiger partial charge in [0, 0.05) is 20.1 Å². The molecular weight excluding hydrogens is 506 g/mol. The molecule has 0 saturated carbocycles. The van der Waals surface area contributed by atoms with Crippen LogP contribution in [-0.2, 0) is 12.4 Å². The summed E-state index contributed by atoms with van der Waals surface area (Å²) in [7, 11) is 0.842. The van der Waals surface area contributed by atoms with E-state index in [9.17, 15) is 44.7 Å². The number of amides is 3. The van der Waals surface area contributed by atoms with Gasteiger partial charge in [-0.3, -0.25) is 9.80 Å². The van der Waals surface area contributed by atoms with Crippen LogP contribution in [-0.4, -0.2) is 32.3 Å². The smallest absolute Gasteiger partial charge is 0.407 e. The first-order valence-corrected chi connectivity index (χ1v) is 9.47. The third-order valence-electron chi connectivity index (χ3n) is 4.69. The highest BCUT2D eigenvalue weighted by Crippen LogP contribution is 2.46. The number of nitrogens with zero attached hydrogens (tertiary/aromatic N) is 2. The molecule has 184 valence electrons. The number of carbonyl (C=O) groups excluding carboxylic acids is 2. The Morgan fingerprint density at radius 1 is 1.12 bits per heavy atom. The van der Waals surface area contributed by atoms with Crippen LogP contribution in [0.3, 0.4) is 0 Å². The Kier molecular flexibility index (Phi) is 6.57. The van der Waals surface area contributed by atoms with Crippen LogP contribution in [0.25, 0.3) is 0 Å². The van der Waals surface area contributed by atoms with E-state index in [4.69, 9.17) is 16.3 Å². The molecule has 3 rings (SSSR count). The lowest BCUT2D eigenvalue weighted by molar-refractivity contribution is -0.143. The molecule has 0 radical (unpaired) electrons. The van der Waals surface area contributed by atoms with Crippen molar-refractivity contribution in [1.29, 1.82) is 0 Å². The lowest BCUT2D eigenvalue weighted by atomic mass is 10.1. The molecule has 15 heteroatoms. The fraction of sp³-hybridized carbons (Fsp3) is 0.263. The molecule has 1 saturated heterocycles. The second kappa shape index (κ2) is 8.81. The maximum Gasteiger partial charge on any atom is 0.420 e. The molecule has 0 atom stereocenters. The topological polar surface area (TPSA) is 61.9 Å². The third-order valence-corrected chi connectivity index (χ3v) is 5.04. The van der Waals surface area contributed by atoms with Crippen LogP contribution in [0.15, 0.2) is 24.3 Å². The molecule has 0 aromatic heterocycles. The molecule has 2 aromatic carbocycles. The van der Waals surface area contributed by atoms with E-state index in [0.717, 1.165) is 13.1 Å². The van der Waals surface area contributed by atoms with Crippen LogP contribution < -0.4 is 19.9 Å². The van der Waals surface area contributed by atoms with Gasteiger partial charge in [0.2, 0.25) is 0 Å². The van der Waals surface area contributed by atoms with E-state index in [-0.39, 0.29) is 25.2 Å². The van der Waals surface area contributed by atoms with E-state index in [1.807, 2.05) is 0 Å². The zero-order valence-electron chi connectivity index (χ0n) is 16.7. The maximum absolute atomic E-state index is 14.3. The van der Waals surface area contributed by atoms with Crippen LogP contribution >= 0.6 is 11.6 Å². The van der Waals surface area contributed by atoms with Gasteiger partial charge in [0.1, 0.15) is 16.4 Å². The SMILES string of the molecule is CN(C(=O)Oc1c(N2CCNC2=O)cc(C(F)(F)F)cc1C(F)(F)F)c1ccc(F)c(Cl)c1F. The number of ether oxygens (including phenoxy) is 1. The van der Waals surface area contributed by atoms with Gasteiger partial charge in [-0.25, -0.2) is 18.4 Å². The van der Waals surface area contributed by atoms with Crippen molar-refractivity contribution >= 4 is 35.1 Å².